The summed E-state index contributed by atoms with van der Waals surface area (Å²) >= 11 is 0. The summed E-state index contributed by atoms with van der Waals surface area (Å²) in [4.78, 5) is 0. The van der Waals surface area contributed by atoms with Gasteiger partial charge < -0.3 is 0 Å². The molecule has 44 valence electrons. The number of hydrogen-bond donors (Lipinski definition) is 0. The molecule has 0 aromatic carbocycles. The van der Waals surface area contributed by atoms with Crippen LogP contribution in [0.3, 0.4) is 0 Å². The van der Waals surface area contributed by atoms with Gasteiger partial charge >= 0.3 is 0 Å². The molecule has 8 heavy (non-hydrogen) atoms. The van der Waals surface area contributed by atoms with E-state index in [4.69, 9.17) is 0 Å². The van der Waals surface area contributed by atoms with Crippen molar-refractivity contribution in [3.63, 3.8) is 0 Å². The summed E-state index contributed by atoms with van der Waals surface area (Å²) in [6, 6.07) is 0. The highest BCUT2D eigenvalue weighted by atomic mass is 14.5. The summed E-state index contributed by atoms with van der Waals surface area (Å²) in [6.07, 6.45) is 1.30. The van der Waals surface area contributed by atoms with Crippen LogP contribution in [0.15, 0.2) is 0 Å². The topological polar surface area (TPSA) is 0 Å². The molecule has 0 spiro atoms. The lowest BCUT2D eigenvalue weighted by Gasteiger charge is -1.93. The van der Waals surface area contributed by atoms with Crippen molar-refractivity contribution in [2.24, 2.45) is 11.3 Å². The molecule has 0 nitrogen and oxygen atoms in total. The van der Waals surface area contributed by atoms with Gasteiger partial charge in [-0.1, -0.05) is 12.8 Å². The van der Waals surface area contributed by atoms with E-state index in [1.54, 1.807) is 0 Å². The third-order valence-electron chi connectivity index (χ3n) is 2.07. The van der Waals surface area contributed by atoms with Crippen LogP contribution in [0.1, 0.15) is 27.2 Å². The van der Waals surface area contributed by atoms with E-state index in [0.29, 0.717) is 5.41 Å². The average molecular weight is 108 g/mol. The van der Waals surface area contributed by atoms with Gasteiger partial charge in [0.25, 0.3) is 0 Å². The van der Waals surface area contributed by atoms with Crippen molar-refractivity contribution < 1.29 is 0 Å². The van der Waals surface area contributed by atoms with E-state index in [1.165, 1.54) is 6.42 Å². The second-order valence-corrected chi connectivity index (χ2v) is 2.90. The zero-order chi connectivity index (χ0) is 6.20. The van der Waals surface area contributed by atoms with Crippen LogP contribution in [0.5, 0.6) is 0 Å². The minimum Gasteiger partial charge on any atom is -0.106 e. The van der Waals surface area contributed by atoms with E-state index in [-0.39, 0.29) is 0 Å². The van der Waals surface area contributed by atoms with Crippen LogP contribution in [0.25, 0.3) is 0 Å². The van der Waals surface area contributed by atoms with Crippen LogP contribution >= 0.6 is 0 Å². The summed E-state index contributed by atoms with van der Waals surface area (Å²) < 4.78 is 0. The van der Waals surface area contributed by atoms with Gasteiger partial charge in [-0.2, -0.15) is 0 Å². The van der Waals surface area contributed by atoms with Gasteiger partial charge in [-0.05, 0) is 26.2 Å². The Balaban J connectivity index is 2.55. The molecule has 0 radical (unpaired) electrons. The van der Waals surface area contributed by atoms with Gasteiger partial charge in [-0.25, -0.2) is 0 Å². The first-order valence-corrected chi connectivity index (χ1v) is 3.13. The summed E-state index contributed by atoms with van der Waals surface area (Å²) in [5, 5.41) is 0. The van der Waals surface area contributed by atoms with Crippen LogP contribution in [0, 0.1) is 23.2 Å². The maximum atomic E-state index is 3.20. The molecule has 1 saturated carbocycles. The third-order valence-corrected chi connectivity index (χ3v) is 2.07. The van der Waals surface area contributed by atoms with Gasteiger partial charge in [0.2, 0.25) is 0 Å². The van der Waals surface area contributed by atoms with E-state index in [0.717, 1.165) is 5.92 Å². The van der Waals surface area contributed by atoms with E-state index >= 15 is 0 Å². The lowest BCUT2D eigenvalue weighted by molar-refractivity contribution is 0.691. The van der Waals surface area contributed by atoms with Gasteiger partial charge in [-0.3, -0.25) is 0 Å². The molecule has 0 heterocycles. The Morgan fingerprint density at radius 1 is 1.62 bits per heavy atom. The van der Waals surface area contributed by atoms with Crippen LogP contribution < -0.4 is 0 Å². The molecule has 0 amide bonds. The van der Waals surface area contributed by atoms with Crippen molar-refractivity contribution in [2.75, 3.05) is 0 Å². The van der Waals surface area contributed by atoms with Crippen molar-refractivity contribution in [2.45, 2.75) is 27.2 Å². The normalized spacial score (nSPS) is 42.6. The fraction of sp³-hybridized carbons (Fsp3) is 0.750. The van der Waals surface area contributed by atoms with E-state index < -0.39 is 0 Å². The molecule has 0 bridgehead atoms. The smallest absolute Gasteiger partial charge is 0.0315 e. The first-order valence-electron chi connectivity index (χ1n) is 3.13. The molecule has 1 rings (SSSR count). The Hall–Kier alpha value is -0.440. The Labute approximate surface area is 51.3 Å². The predicted octanol–water partition coefficient (Wildman–Crippen LogP) is 2.06. The molecular weight excluding hydrogens is 96.1 g/mol. The number of hydrogen-bond acceptors (Lipinski definition) is 0. The first kappa shape index (κ1) is 5.69. The Morgan fingerprint density at radius 2 is 2.12 bits per heavy atom. The minimum absolute atomic E-state index is 0.398. The van der Waals surface area contributed by atoms with Crippen molar-refractivity contribution in [1.29, 1.82) is 0 Å². The van der Waals surface area contributed by atoms with Crippen LogP contribution in [0.4, 0.5) is 0 Å². The molecule has 1 aliphatic rings. The maximum Gasteiger partial charge on any atom is 0.0315 e. The quantitative estimate of drug-likeness (QED) is 0.417. The molecule has 0 aromatic rings. The Morgan fingerprint density at radius 3 is 2.25 bits per heavy atom. The molecule has 0 aromatic heterocycles. The molecule has 2 unspecified atom stereocenters. The van der Waals surface area contributed by atoms with Crippen molar-refractivity contribution in [3.8, 4) is 11.8 Å². The summed E-state index contributed by atoms with van der Waals surface area (Å²) in [7, 11) is 0. The second-order valence-electron chi connectivity index (χ2n) is 2.90. The largest absolute Gasteiger partial charge is 0.106 e. The fourth-order valence-electron chi connectivity index (χ4n) is 1.04. The highest BCUT2D eigenvalue weighted by Gasteiger charge is 2.44. The summed E-state index contributed by atoms with van der Waals surface area (Å²) in [6.45, 7) is 6.40. The molecular formula is C8H12. The van der Waals surface area contributed by atoms with Crippen molar-refractivity contribution in [1.82, 2.24) is 0 Å². The molecule has 2 atom stereocenters. The maximum absolute atomic E-state index is 3.20. The van der Waals surface area contributed by atoms with Crippen LogP contribution in [0.2, 0.25) is 0 Å². The van der Waals surface area contributed by atoms with Gasteiger partial charge in [0.05, 0.1) is 0 Å². The monoisotopic (exact) mass is 108 g/mol. The standard InChI is InChI=1S/C8H12/c1-4-5-8(3)6-7(8)2/h7H,6H2,1-3H3. The lowest BCUT2D eigenvalue weighted by Crippen LogP contribution is -1.88. The zero-order valence-electron chi connectivity index (χ0n) is 5.78. The SMILES string of the molecule is CC#CC1(C)CC1C. The molecule has 1 aliphatic carbocycles. The van der Waals surface area contributed by atoms with E-state index in [9.17, 15) is 0 Å². The Kier molecular flexibility index (Phi) is 1.08. The highest BCUT2D eigenvalue weighted by molar-refractivity contribution is 5.19. The molecule has 0 heteroatoms. The predicted molar refractivity (Wildman–Crippen MR) is 35.3 cm³/mol. The summed E-state index contributed by atoms with van der Waals surface area (Å²) in [5.74, 6) is 6.99. The molecule has 0 N–H and O–H groups in total. The Bertz CT molecular complexity index is 147. The lowest BCUT2D eigenvalue weighted by atomic mass is 10.1. The second kappa shape index (κ2) is 1.52. The third kappa shape index (κ3) is 0.733. The van der Waals surface area contributed by atoms with Crippen molar-refractivity contribution >= 4 is 0 Å². The highest BCUT2D eigenvalue weighted by Crippen LogP contribution is 2.50. The van der Waals surface area contributed by atoms with Gasteiger partial charge in [0.15, 0.2) is 0 Å². The minimum atomic E-state index is 0.398. The van der Waals surface area contributed by atoms with Crippen molar-refractivity contribution in [3.05, 3.63) is 0 Å². The van der Waals surface area contributed by atoms with E-state index in [1.807, 2.05) is 6.92 Å². The van der Waals surface area contributed by atoms with Gasteiger partial charge in [0.1, 0.15) is 0 Å². The fourth-order valence-corrected chi connectivity index (χ4v) is 1.04. The molecule has 1 fully saturated rings. The zero-order valence-corrected chi connectivity index (χ0v) is 5.78. The van der Waals surface area contributed by atoms with E-state index in [2.05, 4.69) is 25.7 Å². The molecule has 0 aliphatic heterocycles. The molecule has 0 saturated heterocycles. The van der Waals surface area contributed by atoms with Crippen LogP contribution in [-0.4, -0.2) is 0 Å². The van der Waals surface area contributed by atoms with Gasteiger partial charge in [0, 0.05) is 5.41 Å². The van der Waals surface area contributed by atoms with Gasteiger partial charge in [-0.15, -0.1) is 5.92 Å². The average Bonchev–Trinajstić information content (AvgIpc) is 2.16. The van der Waals surface area contributed by atoms with Crippen LogP contribution in [-0.2, 0) is 0 Å². The summed E-state index contributed by atoms with van der Waals surface area (Å²) in [5.41, 5.74) is 0.398. The first-order chi connectivity index (χ1) is 3.69. The number of rotatable bonds is 0.